The van der Waals surface area contributed by atoms with Crippen molar-refractivity contribution in [2.45, 2.75) is 12.8 Å². The number of hydrogen-bond acceptors (Lipinski definition) is 2. The van der Waals surface area contributed by atoms with E-state index in [0.29, 0.717) is 0 Å². The van der Waals surface area contributed by atoms with E-state index in [-0.39, 0.29) is 6.61 Å². The van der Waals surface area contributed by atoms with E-state index in [2.05, 4.69) is 18.9 Å². The minimum absolute atomic E-state index is 0.222. The van der Waals surface area contributed by atoms with Gasteiger partial charge < -0.3 is 9.84 Å². The maximum Gasteiger partial charge on any atom is 0.122 e. The van der Waals surface area contributed by atoms with Gasteiger partial charge in [-0.3, -0.25) is 0 Å². The van der Waals surface area contributed by atoms with Gasteiger partial charge in [0.05, 0.1) is 6.61 Å². The summed E-state index contributed by atoms with van der Waals surface area (Å²) in [4.78, 5) is 0. The molecule has 0 spiro atoms. The molecule has 74 valence electrons. The van der Waals surface area contributed by atoms with E-state index < -0.39 is 0 Å². The second kappa shape index (κ2) is 5.31. The quantitative estimate of drug-likeness (QED) is 0.714. The van der Waals surface area contributed by atoms with Gasteiger partial charge in [-0.25, -0.2) is 0 Å². The van der Waals surface area contributed by atoms with Crippen LogP contribution < -0.4 is 4.74 Å². The predicted octanol–water partition coefficient (Wildman–Crippen LogP) is 1.41. The van der Waals surface area contributed by atoms with Crippen LogP contribution in [0.25, 0.3) is 0 Å². The number of ether oxygens (including phenoxy) is 1. The van der Waals surface area contributed by atoms with E-state index in [0.717, 1.165) is 25.2 Å². The third-order valence-corrected chi connectivity index (χ3v) is 2.15. The number of hydrogen-bond donors (Lipinski definition) is 1. The van der Waals surface area contributed by atoms with Crippen LogP contribution in [0.3, 0.4) is 0 Å². The van der Waals surface area contributed by atoms with Gasteiger partial charge in [0, 0.05) is 13.0 Å². The summed E-state index contributed by atoms with van der Waals surface area (Å²) in [6, 6.07) is 6.13. The molecule has 0 saturated carbocycles. The molecule has 0 atom stereocenters. The zero-order chi connectivity index (χ0) is 10.4. The molecule has 1 aromatic carbocycles. The van der Waals surface area contributed by atoms with Gasteiger partial charge in [0.2, 0.25) is 0 Å². The van der Waals surface area contributed by atoms with Crippen molar-refractivity contribution in [2.24, 2.45) is 0 Å². The maximum atomic E-state index is 8.74. The SMILES string of the molecule is C#C.OCCc1ccc2c(c1)CCO2. The highest BCUT2D eigenvalue weighted by molar-refractivity contribution is 5.39. The van der Waals surface area contributed by atoms with Gasteiger partial charge in [0.1, 0.15) is 5.75 Å². The van der Waals surface area contributed by atoms with Gasteiger partial charge in [-0.2, -0.15) is 0 Å². The van der Waals surface area contributed by atoms with Crippen LogP contribution in [-0.4, -0.2) is 18.3 Å². The van der Waals surface area contributed by atoms with Gasteiger partial charge in [-0.05, 0) is 23.6 Å². The summed E-state index contributed by atoms with van der Waals surface area (Å²) in [5.74, 6) is 1.01. The van der Waals surface area contributed by atoms with Crippen LogP contribution in [0.4, 0.5) is 0 Å². The van der Waals surface area contributed by atoms with Gasteiger partial charge >= 0.3 is 0 Å². The fourth-order valence-corrected chi connectivity index (χ4v) is 1.52. The van der Waals surface area contributed by atoms with Crippen molar-refractivity contribution in [1.29, 1.82) is 0 Å². The van der Waals surface area contributed by atoms with Crippen molar-refractivity contribution in [2.75, 3.05) is 13.2 Å². The van der Waals surface area contributed by atoms with Crippen molar-refractivity contribution < 1.29 is 9.84 Å². The second-order valence-electron chi connectivity index (χ2n) is 3.01. The largest absolute Gasteiger partial charge is 0.493 e. The molecular formula is C12H14O2. The molecule has 2 rings (SSSR count). The molecule has 1 aliphatic heterocycles. The molecule has 0 unspecified atom stereocenters. The van der Waals surface area contributed by atoms with Crippen molar-refractivity contribution in [3.05, 3.63) is 29.3 Å². The van der Waals surface area contributed by atoms with Crippen LogP contribution in [0.15, 0.2) is 18.2 Å². The van der Waals surface area contributed by atoms with Crippen LogP contribution in [-0.2, 0) is 12.8 Å². The minimum atomic E-state index is 0.222. The summed E-state index contributed by atoms with van der Waals surface area (Å²) in [7, 11) is 0. The Bertz CT molecular complexity index is 315. The van der Waals surface area contributed by atoms with Crippen LogP contribution in [0.2, 0.25) is 0 Å². The molecule has 0 bridgehead atoms. The highest BCUT2D eigenvalue weighted by Crippen LogP contribution is 2.25. The Morgan fingerprint density at radius 3 is 2.86 bits per heavy atom. The molecule has 0 aliphatic carbocycles. The van der Waals surface area contributed by atoms with Crippen LogP contribution in [0.5, 0.6) is 5.75 Å². The molecule has 1 heterocycles. The number of fused-ring (bicyclic) bond motifs is 1. The van der Waals surface area contributed by atoms with Crippen LogP contribution >= 0.6 is 0 Å². The summed E-state index contributed by atoms with van der Waals surface area (Å²) in [5.41, 5.74) is 2.47. The Balaban J connectivity index is 0.000000461. The van der Waals surface area contributed by atoms with E-state index in [1.165, 1.54) is 11.1 Å². The molecule has 0 fully saturated rings. The Morgan fingerprint density at radius 2 is 2.14 bits per heavy atom. The molecule has 0 aromatic heterocycles. The smallest absolute Gasteiger partial charge is 0.122 e. The zero-order valence-electron chi connectivity index (χ0n) is 8.07. The fraction of sp³-hybridized carbons (Fsp3) is 0.333. The van der Waals surface area contributed by atoms with Crippen molar-refractivity contribution in [3.63, 3.8) is 0 Å². The second-order valence-corrected chi connectivity index (χ2v) is 3.01. The van der Waals surface area contributed by atoms with Crippen LogP contribution in [0, 0.1) is 12.8 Å². The number of terminal acetylenes is 1. The summed E-state index contributed by atoms with van der Waals surface area (Å²) in [6.45, 7) is 1.03. The monoisotopic (exact) mass is 190 g/mol. The van der Waals surface area contributed by atoms with Crippen molar-refractivity contribution >= 4 is 0 Å². The lowest BCUT2D eigenvalue weighted by molar-refractivity contribution is 0.299. The highest BCUT2D eigenvalue weighted by atomic mass is 16.5. The standard InChI is InChI=1S/C10H12O2.C2H2/c11-5-3-8-1-2-10-9(7-8)4-6-12-10;1-2/h1-2,7,11H,3-6H2;1-2H. The van der Waals surface area contributed by atoms with Gasteiger partial charge in [-0.15, -0.1) is 12.8 Å². The first-order valence-electron chi connectivity index (χ1n) is 4.59. The average Bonchev–Trinajstić information content (AvgIpc) is 2.68. The minimum Gasteiger partial charge on any atom is -0.493 e. The molecule has 0 amide bonds. The number of rotatable bonds is 2. The first-order valence-corrected chi connectivity index (χ1v) is 4.59. The maximum absolute atomic E-state index is 8.74. The lowest BCUT2D eigenvalue weighted by Crippen LogP contribution is -1.90. The van der Waals surface area contributed by atoms with E-state index >= 15 is 0 Å². The number of benzene rings is 1. The molecule has 1 aliphatic rings. The lowest BCUT2D eigenvalue weighted by Gasteiger charge is -2.01. The summed E-state index contributed by atoms with van der Waals surface area (Å²) in [6.07, 6.45) is 9.75. The molecule has 14 heavy (non-hydrogen) atoms. The molecular weight excluding hydrogens is 176 g/mol. The fourth-order valence-electron chi connectivity index (χ4n) is 1.52. The Hall–Kier alpha value is -1.46. The number of aliphatic hydroxyl groups is 1. The molecule has 0 radical (unpaired) electrons. The Kier molecular flexibility index (Phi) is 4.03. The van der Waals surface area contributed by atoms with Gasteiger partial charge in [0.15, 0.2) is 0 Å². The third-order valence-electron chi connectivity index (χ3n) is 2.15. The van der Waals surface area contributed by atoms with Gasteiger partial charge in [-0.1, -0.05) is 12.1 Å². The predicted molar refractivity (Wildman–Crippen MR) is 56.3 cm³/mol. The first kappa shape index (κ1) is 10.6. The highest BCUT2D eigenvalue weighted by Gasteiger charge is 2.11. The normalized spacial score (nSPS) is 12.2. The molecule has 1 aromatic rings. The Labute approximate surface area is 84.5 Å². The van der Waals surface area contributed by atoms with E-state index in [9.17, 15) is 0 Å². The van der Waals surface area contributed by atoms with Crippen molar-refractivity contribution in [1.82, 2.24) is 0 Å². The third kappa shape index (κ3) is 2.27. The summed E-state index contributed by atoms with van der Waals surface area (Å²) < 4.78 is 5.37. The average molecular weight is 190 g/mol. The molecule has 1 N–H and O–H groups in total. The summed E-state index contributed by atoms with van der Waals surface area (Å²) in [5, 5.41) is 8.74. The van der Waals surface area contributed by atoms with Gasteiger partial charge in [0.25, 0.3) is 0 Å². The topological polar surface area (TPSA) is 29.5 Å². The first-order chi connectivity index (χ1) is 6.90. The van der Waals surface area contributed by atoms with Crippen molar-refractivity contribution in [3.8, 4) is 18.6 Å². The Morgan fingerprint density at radius 1 is 1.36 bits per heavy atom. The van der Waals surface area contributed by atoms with E-state index in [1.54, 1.807) is 0 Å². The lowest BCUT2D eigenvalue weighted by atomic mass is 10.1. The zero-order valence-corrected chi connectivity index (χ0v) is 8.07. The summed E-state index contributed by atoms with van der Waals surface area (Å²) >= 11 is 0. The van der Waals surface area contributed by atoms with E-state index in [4.69, 9.17) is 9.84 Å². The van der Waals surface area contributed by atoms with E-state index in [1.807, 2.05) is 12.1 Å². The molecule has 0 saturated heterocycles. The number of aliphatic hydroxyl groups excluding tert-OH is 1. The van der Waals surface area contributed by atoms with Crippen LogP contribution in [0.1, 0.15) is 11.1 Å². The molecule has 2 heteroatoms. The molecule has 2 nitrogen and oxygen atoms in total.